The smallest absolute Gasteiger partial charge is 0.252 e. The zero-order valence-corrected chi connectivity index (χ0v) is 16.4. The third-order valence-corrected chi connectivity index (χ3v) is 4.94. The lowest BCUT2D eigenvalue weighted by Gasteiger charge is -2.11. The standard InChI is InChI=1S/C23H16BrFN2O/c24-17-5-3-4-16(12-17)22-13-20(19-6-1-2-7-21(19)27-22)23(28)26-14-15-8-10-18(25)11-9-15/h1-13H,14H2,(H,26,28). The van der Waals surface area contributed by atoms with Crippen LogP contribution in [0.25, 0.3) is 22.2 Å². The highest BCUT2D eigenvalue weighted by atomic mass is 79.9. The van der Waals surface area contributed by atoms with Crippen molar-refractivity contribution >= 4 is 32.7 Å². The summed E-state index contributed by atoms with van der Waals surface area (Å²) in [7, 11) is 0. The summed E-state index contributed by atoms with van der Waals surface area (Å²) in [5.41, 5.74) is 3.80. The van der Waals surface area contributed by atoms with E-state index in [-0.39, 0.29) is 11.7 Å². The minimum Gasteiger partial charge on any atom is -0.348 e. The predicted octanol–water partition coefficient (Wildman–Crippen LogP) is 5.73. The molecule has 3 nitrogen and oxygen atoms in total. The van der Waals surface area contributed by atoms with Gasteiger partial charge in [0.1, 0.15) is 5.82 Å². The minimum absolute atomic E-state index is 0.195. The van der Waals surface area contributed by atoms with Crippen molar-refractivity contribution in [3.63, 3.8) is 0 Å². The van der Waals surface area contributed by atoms with E-state index in [1.807, 2.05) is 54.6 Å². The van der Waals surface area contributed by atoms with Crippen molar-refractivity contribution in [2.24, 2.45) is 0 Å². The number of hydrogen-bond acceptors (Lipinski definition) is 2. The molecule has 28 heavy (non-hydrogen) atoms. The maximum atomic E-state index is 13.1. The lowest BCUT2D eigenvalue weighted by Crippen LogP contribution is -2.23. The first-order valence-corrected chi connectivity index (χ1v) is 9.58. The van der Waals surface area contributed by atoms with E-state index in [0.29, 0.717) is 12.1 Å². The van der Waals surface area contributed by atoms with Gasteiger partial charge in [-0.3, -0.25) is 4.79 Å². The fourth-order valence-electron chi connectivity index (χ4n) is 3.04. The number of rotatable bonds is 4. The average molecular weight is 435 g/mol. The van der Waals surface area contributed by atoms with Crippen LogP contribution >= 0.6 is 15.9 Å². The second-order valence-electron chi connectivity index (χ2n) is 6.39. The van der Waals surface area contributed by atoms with Gasteiger partial charge in [0.15, 0.2) is 0 Å². The lowest BCUT2D eigenvalue weighted by atomic mass is 10.0. The molecule has 4 rings (SSSR count). The molecule has 0 aliphatic rings. The summed E-state index contributed by atoms with van der Waals surface area (Å²) in [6.45, 7) is 0.321. The largest absolute Gasteiger partial charge is 0.348 e. The van der Waals surface area contributed by atoms with Crippen LogP contribution < -0.4 is 5.32 Å². The van der Waals surface area contributed by atoms with E-state index in [0.717, 1.165) is 32.2 Å². The third-order valence-electron chi connectivity index (χ3n) is 4.45. The zero-order valence-electron chi connectivity index (χ0n) is 14.8. The van der Waals surface area contributed by atoms with Crippen LogP contribution in [-0.2, 0) is 6.54 Å². The van der Waals surface area contributed by atoms with Gasteiger partial charge in [-0.05, 0) is 42.0 Å². The quantitative estimate of drug-likeness (QED) is 0.445. The van der Waals surface area contributed by atoms with Gasteiger partial charge >= 0.3 is 0 Å². The number of nitrogens with zero attached hydrogens (tertiary/aromatic N) is 1. The van der Waals surface area contributed by atoms with Crippen molar-refractivity contribution in [3.8, 4) is 11.3 Å². The van der Waals surface area contributed by atoms with Crippen LogP contribution in [0.3, 0.4) is 0 Å². The normalized spacial score (nSPS) is 10.8. The molecule has 1 aromatic heterocycles. The van der Waals surface area contributed by atoms with Gasteiger partial charge in [0.2, 0.25) is 0 Å². The van der Waals surface area contributed by atoms with Crippen LogP contribution in [-0.4, -0.2) is 10.9 Å². The molecule has 0 bridgehead atoms. The van der Waals surface area contributed by atoms with Crippen molar-refractivity contribution < 1.29 is 9.18 Å². The molecular weight excluding hydrogens is 419 g/mol. The van der Waals surface area contributed by atoms with Crippen molar-refractivity contribution in [1.29, 1.82) is 0 Å². The summed E-state index contributed by atoms with van der Waals surface area (Å²) in [6, 6.07) is 23.3. The number of hydrogen-bond donors (Lipinski definition) is 1. The number of amides is 1. The predicted molar refractivity (Wildman–Crippen MR) is 112 cm³/mol. The molecule has 0 saturated heterocycles. The summed E-state index contributed by atoms with van der Waals surface area (Å²) in [5, 5.41) is 3.71. The molecule has 0 aliphatic heterocycles. The van der Waals surface area contributed by atoms with Crippen molar-refractivity contribution in [3.05, 3.63) is 100 Å². The Bertz CT molecular complexity index is 1160. The average Bonchev–Trinajstić information content (AvgIpc) is 2.72. The molecule has 0 spiro atoms. The number of fused-ring (bicyclic) bond motifs is 1. The molecule has 1 N–H and O–H groups in total. The molecule has 3 aromatic carbocycles. The van der Waals surface area contributed by atoms with Crippen LogP contribution in [0.4, 0.5) is 4.39 Å². The first kappa shape index (κ1) is 18.3. The molecule has 0 radical (unpaired) electrons. The van der Waals surface area contributed by atoms with E-state index < -0.39 is 0 Å². The summed E-state index contributed by atoms with van der Waals surface area (Å²) in [4.78, 5) is 17.6. The highest BCUT2D eigenvalue weighted by Gasteiger charge is 2.14. The number of carbonyl (C=O) groups is 1. The fourth-order valence-corrected chi connectivity index (χ4v) is 3.44. The summed E-state index contributed by atoms with van der Waals surface area (Å²) in [5.74, 6) is -0.493. The molecule has 0 unspecified atom stereocenters. The second kappa shape index (κ2) is 7.90. The van der Waals surface area contributed by atoms with Crippen molar-refractivity contribution in [2.75, 3.05) is 0 Å². The van der Waals surface area contributed by atoms with Crippen molar-refractivity contribution in [2.45, 2.75) is 6.54 Å². The number of halogens is 2. The molecule has 1 heterocycles. The van der Waals surface area contributed by atoms with Crippen LogP contribution in [0.5, 0.6) is 0 Å². The van der Waals surface area contributed by atoms with Gasteiger partial charge in [0.25, 0.3) is 5.91 Å². The van der Waals surface area contributed by atoms with E-state index in [9.17, 15) is 9.18 Å². The number of benzene rings is 3. The van der Waals surface area contributed by atoms with E-state index in [2.05, 4.69) is 21.2 Å². The Labute approximate surface area is 170 Å². The summed E-state index contributed by atoms with van der Waals surface area (Å²) >= 11 is 3.48. The Balaban J connectivity index is 1.70. The van der Waals surface area contributed by atoms with Gasteiger partial charge < -0.3 is 5.32 Å². The molecule has 5 heteroatoms. The Hall–Kier alpha value is -3.05. The number of pyridine rings is 1. The maximum Gasteiger partial charge on any atom is 0.252 e. The fraction of sp³-hybridized carbons (Fsp3) is 0.0435. The maximum absolute atomic E-state index is 13.1. The van der Waals surface area contributed by atoms with E-state index in [1.165, 1.54) is 12.1 Å². The first-order valence-electron chi connectivity index (χ1n) is 8.78. The summed E-state index contributed by atoms with van der Waals surface area (Å²) < 4.78 is 14.0. The van der Waals surface area contributed by atoms with Gasteiger partial charge in [-0.15, -0.1) is 0 Å². The van der Waals surface area contributed by atoms with Gasteiger partial charge in [0.05, 0.1) is 16.8 Å². The molecule has 0 fully saturated rings. The van der Waals surface area contributed by atoms with Crippen LogP contribution in [0.1, 0.15) is 15.9 Å². The van der Waals surface area contributed by atoms with E-state index in [1.54, 1.807) is 12.1 Å². The highest BCUT2D eigenvalue weighted by Crippen LogP contribution is 2.26. The Morgan fingerprint density at radius 2 is 1.75 bits per heavy atom. The van der Waals surface area contributed by atoms with Gasteiger partial charge in [-0.1, -0.05) is 58.4 Å². The van der Waals surface area contributed by atoms with Gasteiger partial charge in [0, 0.05) is 22.0 Å². The van der Waals surface area contributed by atoms with E-state index in [4.69, 9.17) is 4.98 Å². The molecule has 138 valence electrons. The molecule has 4 aromatic rings. The first-order chi connectivity index (χ1) is 13.6. The van der Waals surface area contributed by atoms with Crippen molar-refractivity contribution in [1.82, 2.24) is 10.3 Å². The SMILES string of the molecule is O=C(NCc1ccc(F)cc1)c1cc(-c2cccc(Br)c2)nc2ccccc12. The number of aromatic nitrogens is 1. The summed E-state index contributed by atoms with van der Waals surface area (Å²) in [6.07, 6.45) is 0. The highest BCUT2D eigenvalue weighted by molar-refractivity contribution is 9.10. The molecule has 1 amide bonds. The Morgan fingerprint density at radius 3 is 2.54 bits per heavy atom. The topological polar surface area (TPSA) is 42.0 Å². The Kier molecular flexibility index (Phi) is 5.17. The monoisotopic (exact) mass is 434 g/mol. The molecule has 0 aliphatic carbocycles. The molecule has 0 atom stereocenters. The lowest BCUT2D eigenvalue weighted by molar-refractivity contribution is 0.0952. The number of nitrogens with one attached hydrogen (secondary N) is 1. The Morgan fingerprint density at radius 1 is 0.964 bits per heavy atom. The number of carbonyl (C=O) groups excluding carboxylic acids is 1. The third kappa shape index (κ3) is 3.94. The van der Waals surface area contributed by atoms with Crippen LogP contribution in [0.15, 0.2) is 83.3 Å². The van der Waals surface area contributed by atoms with Crippen LogP contribution in [0.2, 0.25) is 0 Å². The van der Waals surface area contributed by atoms with E-state index >= 15 is 0 Å². The minimum atomic E-state index is -0.297. The zero-order chi connectivity index (χ0) is 19.5. The van der Waals surface area contributed by atoms with Crippen LogP contribution in [0, 0.1) is 5.82 Å². The van der Waals surface area contributed by atoms with Gasteiger partial charge in [-0.25, -0.2) is 9.37 Å². The molecular formula is C23H16BrFN2O. The van der Waals surface area contributed by atoms with Gasteiger partial charge in [-0.2, -0.15) is 0 Å². The second-order valence-corrected chi connectivity index (χ2v) is 7.31. The number of para-hydroxylation sites is 1. The molecule has 0 saturated carbocycles.